The van der Waals surface area contributed by atoms with Crippen LogP contribution in [0.1, 0.15) is 65.7 Å². The summed E-state index contributed by atoms with van der Waals surface area (Å²) in [6.07, 6.45) is 8.91. The fourth-order valence-corrected chi connectivity index (χ4v) is 3.58. The van der Waals surface area contributed by atoms with E-state index in [1.165, 1.54) is 32.1 Å². The Morgan fingerprint density at radius 2 is 2.00 bits per heavy atom. The molecule has 1 saturated carbocycles. The number of carbonyl (C=O) groups excluding carboxylic acids is 1. The maximum absolute atomic E-state index is 12.6. The minimum Gasteiger partial charge on any atom is -0.325 e. The Balaban J connectivity index is 2.03. The Morgan fingerprint density at radius 3 is 2.58 bits per heavy atom. The number of unbranched alkanes of at least 4 members (excludes halogenated alkanes) is 1. The molecule has 1 amide bonds. The highest BCUT2D eigenvalue weighted by Crippen LogP contribution is 2.33. The summed E-state index contributed by atoms with van der Waals surface area (Å²) < 4.78 is 0. The van der Waals surface area contributed by atoms with Gasteiger partial charge in [-0.2, -0.15) is 0 Å². The Morgan fingerprint density at radius 1 is 1.32 bits per heavy atom. The second-order valence-electron chi connectivity index (χ2n) is 6.74. The molecule has 0 radical (unpaired) electrons. The summed E-state index contributed by atoms with van der Waals surface area (Å²) in [4.78, 5) is 14.7. The molecule has 0 spiro atoms. The van der Waals surface area contributed by atoms with Crippen LogP contribution in [0.4, 0.5) is 0 Å². The number of nitrogens with one attached hydrogen (secondary N) is 1. The molecular formula is C16H30N2O. The Kier molecular flexibility index (Phi) is 5.26. The molecule has 2 rings (SSSR count). The van der Waals surface area contributed by atoms with E-state index in [4.69, 9.17) is 0 Å². The monoisotopic (exact) mass is 266 g/mol. The third-order valence-corrected chi connectivity index (χ3v) is 4.54. The van der Waals surface area contributed by atoms with Crippen LogP contribution in [0.3, 0.4) is 0 Å². The molecule has 2 fully saturated rings. The first-order chi connectivity index (χ1) is 9.13. The van der Waals surface area contributed by atoms with Crippen molar-refractivity contribution in [2.45, 2.75) is 77.9 Å². The second-order valence-corrected chi connectivity index (χ2v) is 6.74. The van der Waals surface area contributed by atoms with Crippen LogP contribution < -0.4 is 5.32 Å². The van der Waals surface area contributed by atoms with Gasteiger partial charge < -0.3 is 4.90 Å². The molecule has 19 heavy (non-hydrogen) atoms. The van der Waals surface area contributed by atoms with E-state index in [1.54, 1.807) is 0 Å². The number of nitrogens with zero attached hydrogens (tertiary/aromatic N) is 1. The van der Waals surface area contributed by atoms with Gasteiger partial charge in [0.1, 0.15) is 0 Å². The van der Waals surface area contributed by atoms with Gasteiger partial charge in [-0.15, -0.1) is 0 Å². The highest BCUT2D eigenvalue weighted by molar-refractivity contribution is 5.84. The van der Waals surface area contributed by atoms with Crippen LogP contribution in [0.2, 0.25) is 0 Å². The average molecular weight is 266 g/mol. The lowest BCUT2D eigenvalue weighted by atomic mass is 10.0. The van der Waals surface area contributed by atoms with E-state index in [2.05, 4.69) is 31.0 Å². The molecule has 0 aromatic carbocycles. The number of amides is 1. The van der Waals surface area contributed by atoms with Crippen molar-refractivity contribution in [3.8, 4) is 0 Å². The summed E-state index contributed by atoms with van der Waals surface area (Å²) in [6, 6.07) is 0.0873. The maximum Gasteiger partial charge on any atom is 0.241 e. The molecule has 1 aliphatic carbocycles. The smallest absolute Gasteiger partial charge is 0.241 e. The SMILES string of the molecule is CCCCC1NC(C2CCCC2)N(CC(C)C)C1=O. The number of hydrogen-bond donors (Lipinski definition) is 1. The van der Waals surface area contributed by atoms with Crippen LogP contribution in [0.5, 0.6) is 0 Å². The predicted molar refractivity (Wildman–Crippen MR) is 78.7 cm³/mol. The first-order valence-corrected chi connectivity index (χ1v) is 8.20. The largest absolute Gasteiger partial charge is 0.325 e. The van der Waals surface area contributed by atoms with Crippen LogP contribution in [-0.2, 0) is 4.79 Å². The van der Waals surface area contributed by atoms with Crippen molar-refractivity contribution < 1.29 is 4.79 Å². The standard InChI is InChI=1S/C16H30N2O/c1-4-5-10-14-16(19)18(11-12(2)3)15(17-14)13-8-6-7-9-13/h12-15,17H,4-11H2,1-3H3. The highest BCUT2D eigenvalue weighted by Gasteiger charge is 2.42. The van der Waals surface area contributed by atoms with E-state index in [1.807, 2.05) is 0 Å². The first-order valence-electron chi connectivity index (χ1n) is 8.20. The molecule has 2 aliphatic rings. The summed E-state index contributed by atoms with van der Waals surface area (Å²) in [5.41, 5.74) is 0. The molecule has 110 valence electrons. The van der Waals surface area contributed by atoms with Crippen LogP contribution in [0.25, 0.3) is 0 Å². The molecule has 0 aromatic heterocycles. The van der Waals surface area contributed by atoms with Crippen molar-refractivity contribution in [3.63, 3.8) is 0 Å². The zero-order chi connectivity index (χ0) is 13.8. The zero-order valence-corrected chi connectivity index (χ0v) is 12.8. The predicted octanol–water partition coefficient (Wildman–Crippen LogP) is 3.15. The van der Waals surface area contributed by atoms with E-state index < -0.39 is 0 Å². The number of hydrogen-bond acceptors (Lipinski definition) is 2. The van der Waals surface area contributed by atoms with Crippen molar-refractivity contribution in [1.82, 2.24) is 10.2 Å². The van der Waals surface area contributed by atoms with Crippen molar-refractivity contribution in [1.29, 1.82) is 0 Å². The van der Waals surface area contributed by atoms with E-state index in [0.717, 1.165) is 19.4 Å². The van der Waals surface area contributed by atoms with Gasteiger partial charge in [-0.25, -0.2) is 0 Å². The van der Waals surface area contributed by atoms with Crippen molar-refractivity contribution >= 4 is 5.91 Å². The molecule has 2 atom stereocenters. The van der Waals surface area contributed by atoms with Crippen molar-refractivity contribution in [2.24, 2.45) is 11.8 Å². The average Bonchev–Trinajstić information content (AvgIpc) is 2.97. The first kappa shape index (κ1) is 14.8. The number of carbonyl (C=O) groups is 1. The molecule has 3 heteroatoms. The van der Waals surface area contributed by atoms with Gasteiger partial charge in [0.25, 0.3) is 0 Å². The summed E-state index contributed by atoms with van der Waals surface area (Å²) in [5, 5.41) is 3.65. The van der Waals surface area contributed by atoms with Gasteiger partial charge in [0.2, 0.25) is 5.91 Å². The second kappa shape index (κ2) is 6.74. The third-order valence-electron chi connectivity index (χ3n) is 4.54. The van der Waals surface area contributed by atoms with Crippen LogP contribution in [-0.4, -0.2) is 29.6 Å². The van der Waals surface area contributed by atoms with Crippen LogP contribution >= 0.6 is 0 Å². The normalized spacial score (nSPS) is 28.8. The van der Waals surface area contributed by atoms with Gasteiger partial charge in [0.15, 0.2) is 0 Å². The molecule has 1 N–H and O–H groups in total. The molecular weight excluding hydrogens is 236 g/mol. The van der Waals surface area contributed by atoms with Gasteiger partial charge in [-0.1, -0.05) is 46.5 Å². The molecule has 0 bridgehead atoms. The lowest BCUT2D eigenvalue weighted by molar-refractivity contribution is -0.131. The summed E-state index contributed by atoms with van der Waals surface area (Å²) in [5.74, 6) is 1.60. The van der Waals surface area contributed by atoms with E-state index in [9.17, 15) is 4.79 Å². The Bertz CT molecular complexity index is 297. The van der Waals surface area contributed by atoms with E-state index >= 15 is 0 Å². The topological polar surface area (TPSA) is 32.3 Å². The fourth-order valence-electron chi connectivity index (χ4n) is 3.58. The number of rotatable bonds is 6. The minimum atomic E-state index is 0.0873. The summed E-state index contributed by atoms with van der Waals surface area (Å²) >= 11 is 0. The molecule has 2 unspecified atom stereocenters. The quantitative estimate of drug-likeness (QED) is 0.801. The molecule has 1 heterocycles. The zero-order valence-electron chi connectivity index (χ0n) is 12.8. The molecule has 1 aliphatic heterocycles. The van der Waals surface area contributed by atoms with Crippen molar-refractivity contribution in [2.75, 3.05) is 6.54 Å². The Hall–Kier alpha value is -0.570. The van der Waals surface area contributed by atoms with Gasteiger partial charge >= 0.3 is 0 Å². The fraction of sp³-hybridized carbons (Fsp3) is 0.938. The van der Waals surface area contributed by atoms with Gasteiger partial charge in [0.05, 0.1) is 12.2 Å². The van der Waals surface area contributed by atoms with Crippen LogP contribution in [0, 0.1) is 11.8 Å². The molecule has 3 nitrogen and oxygen atoms in total. The lowest BCUT2D eigenvalue weighted by Gasteiger charge is -2.30. The highest BCUT2D eigenvalue weighted by atomic mass is 16.2. The van der Waals surface area contributed by atoms with Crippen LogP contribution in [0.15, 0.2) is 0 Å². The maximum atomic E-state index is 12.6. The van der Waals surface area contributed by atoms with Crippen molar-refractivity contribution in [3.05, 3.63) is 0 Å². The third kappa shape index (κ3) is 3.50. The van der Waals surface area contributed by atoms with E-state index in [0.29, 0.717) is 23.9 Å². The Labute approximate surface area is 118 Å². The van der Waals surface area contributed by atoms with Gasteiger partial charge in [-0.05, 0) is 31.1 Å². The summed E-state index contributed by atoms with van der Waals surface area (Å²) in [7, 11) is 0. The van der Waals surface area contributed by atoms with Gasteiger partial charge in [-0.3, -0.25) is 10.1 Å². The lowest BCUT2D eigenvalue weighted by Crippen LogP contribution is -2.44. The minimum absolute atomic E-state index is 0.0873. The van der Waals surface area contributed by atoms with E-state index in [-0.39, 0.29) is 6.04 Å². The van der Waals surface area contributed by atoms with Gasteiger partial charge in [0, 0.05) is 6.54 Å². The molecule has 0 aromatic rings. The summed E-state index contributed by atoms with van der Waals surface area (Å²) in [6.45, 7) is 7.52. The molecule has 1 saturated heterocycles.